The number of fused-ring (bicyclic) bond motifs is 6. The number of phenols is 1. The molecule has 2 aliphatic heterocycles. The number of aromatic nitrogens is 1. The van der Waals surface area contributed by atoms with Gasteiger partial charge in [0.2, 0.25) is 0 Å². The Hall–Kier alpha value is -5.77. The highest BCUT2D eigenvalue weighted by Gasteiger charge is 2.23. The Bertz CT molecular complexity index is 2940. The average molecular weight is 823 g/mol. The van der Waals surface area contributed by atoms with Crippen molar-refractivity contribution in [3.8, 4) is 11.5 Å². The van der Waals surface area contributed by atoms with Crippen molar-refractivity contribution in [3.05, 3.63) is 153 Å². The fraction of sp³-hybridized carbons (Fsp3) is 0.205. The average Bonchev–Trinajstić information content (AvgIpc) is 3.34. The van der Waals surface area contributed by atoms with E-state index in [0.717, 1.165) is 43.8 Å². The van der Waals surface area contributed by atoms with Crippen LogP contribution in [0.5, 0.6) is 11.5 Å². The van der Waals surface area contributed by atoms with Gasteiger partial charge in [0.05, 0.1) is 0 Å². The van der Waals surface area contributed by atoms with Crippen LogP contribution in [0, 0.1) is 6.92 Å². The SMILES string of the molecule is CC1=CCc2c(cc3oc(C)cc(=O)c3c2O)OC1.CN1CCc2c(c3ccccc3n2Cc2ccccc2)C1.O=S(=O)(O)c1cccc2c(S(=O)(=O)O)cccc12. The number of rotatable bonds is 4. The summed E-state index contributed by atoms with van der Waals surface area (Å²) in [6.07, 6.45) is 3.69. The number of para-hydroxylation sites is 1. The lowest BCUT2D eigenvalue weighted by Crippen LogP contribution is -2.27. The maximum absolute atomic E-state index is 12.0. The molecule has 14 heteroatoms. The van der Waals surface area contributed by atoms with Crippen molar-refractivity contribution in [2.45, 2.75) is 49.6 Å². The van der Waals surface area contributed by atoms with E-state index in [2.05, 4.69) is 71.1 Å². The number of hydrogen-bond donors (Lipinski definition) is 3. The van der Waals surface area contributed by atoms with Crippen LogP contribution in [0.1, 0.15) is 35.1 Å². The Morgan fingerprint density at radius 3 is 2.03 bits per heavy atom. The number of aryl methyl sites for hydroxylation is 1. The quantitative estimate of drug-likeness (QED) is 0.117. The summed E-state index contributed by atoms with van der Waals surface area (Å²) in [4.78, 5) is 13.6. The van der Waals surface area contributed by atoms with Gasteiger partial charge in [0.25, 0.3) is 20.2 Å². The molecule has 5 aromatic carbocycles. The van der Waals surface area contributed by atoms with Crippen molar-refractivity contribution in [3.63, 3.8) is 0 Å². The zero-order valence-corrected chi connectivity index (χ0v) is 33.7. The van der Waals surface area contributed by atoms with E-state index in [1.807, 2.05) is 13.0 Å². The summed E-state index contributed by atoms with van der Waals surface area (Å²) in [5.41, 5.74) is 7.66. The van der Waals surface area contributed by atoms with Crippen LogP contribution in [0.25, 0.3) is 32.6 Å². The molecule has 0 radical (unpaired) electrons. The van der Waals surface area contributed by atoms with E-state index in [-0.39, 0.29) is 27.3 Å². The van der Waals surface area contributed by atoms with Crippen LogP contribution in [0.4, 0.5) is 0 Å². The summed E-state index contributed by atoms with van der Waals surface area (Å²) in [5.74, 6) is 1.05. The second-order valence-corrected chi connectivity index (χ2v) is 17.2. The van der Waals surface area contributed by atoms with Gasteiger partial charge in [-0.2, -0.15) is 16.8 Å². The van der Waals surface area contributed by atoms with E-state index in [0.29, 0.717) is 35.7 Å². The molecule has 7 aromatic rings. The van der Waals surface area contributed by atoms with Gasteiger partial charge >= 0.3 is 0 Å². The molecule has 0 bridgehead atoms. The van der Waals surface area contributed by atoms with Gasteiger partial charge in [0, 0.05) is 71.1 Å². The van der Waals surface area contributed by atoms with Crippen LogP contribution in [0.3, 0.4) is 0 Å². The molecule has 3 N–H and O–H groups in total. The molecule has 0 unspecified atom stereocenters. The van der Waals surface area contributed by atoms with Gasteiger partial charge in [-0.05, 0) is 62.2 Å². The molecule has 0 atom stereocenters. The molecule has 4 heterocycles. The van der Waals surface area contributed by atoms with Crippen LogP contribution in [0.15, 0.2) is 134 Å². The Labute approximate surface area is 335 Å². The van der Waals surface area contributed by atoms with E-state index >= 15 is 0 Å². The van der Waals surface area contributed by atoms with Crippen LogP contribution in [0.2, 0.25) is 0 Å². The topological polar surface area (TPSA) is 177 Å². The highest BCUT2D eigenvalue weighted by molar-refractivity contribution is 7.86. The summed E-state index contributed by atoms with van der Waals surface area (Å²) in [7, 11) is -6.72. The first-order valence-electron chi connectivity index (χ1n) is 18.5. The maximum atomic E-state index is 12.0. The van der Waals surface area contributed by atoms with Gasteiger partial charge in [-0.25, -0.2) is 0 Å². The lowest BCUT2D eigenvalue weighted by molar-refractivity contribution is 0.310. The van der Waals surface area contributed by atoms with E-state index in [4.69, 9.17) is 18.3 Å². The first-order valence-corrected chi connectivity index (χ1v) is 21.3. The van der Waals surface area contributed by atoms with Gasteiger partial charge in [0.15, 0.2) is 5.43 Å². The highest BCUT2D eigenvalue weighted by Crippen LogP contribution is 2.37. The Balaban J connectivity index is 0.000000133. The molecular formula is C44H42N2O10S2. The standard InChI is InChI=1S/C19H20N2.C15H14O4.C10H8O6S2/c1-20-12-11-19-17(14-20)16-9-5-6-10-18(16)21(19)13-15-7-3-2-4-8-15;1-8-3-4-10-12(18-7-8)6-13-14(15(10)17)11(16)5-9(2)19-13;11-17(12,13)9-5-1-3-7-8(9)4-2-6-10(7)18(14,15)16/h2-10H,11-14H2,1H3;3,5-6,17H,4,7H2,1-2H3;1-6H,(H,11,12,13)(H,14,15,16). The maximum Gasteiger partial charge on any atom is 0.295 e. The van der Waals surface area contributed by atoms with Crippen molar-refractivity contribution in [2.24, 2.45) is 0 Å². The minimum Gasteiger partial charge on any atom is -0.507 e. The smallest absolute Gasteiger partial charge is 0.295 e. The van der Waals surface area contributed by atoms with Crippen molar-refractivity contribution >= 4 is 52.9 Å². The number of phenolic OH excluding ortho intramolecular Hbond substituents is 1. The molecule has 0 aliphatic carbocycles. The number of ether oxygens (including phenoxy) is 1. The third-order valence-electron chi connectivity index (χ3n) is 10.2. The molecule has 300 valence electrons. The second kappa shape index (κ2) is 16.2. The first-order chi connectivity index (χ1) is 27.6. The molecule has 0 spiro atoms. The molecular weight excluding hydrogens is 781 g/mol. The van der Waals surface area contributed by atoms with Crippen molar-refractivity contribution < 1.29 is 40.2 Å². The van der Waals surface area contributed by atoms with Gasteiger partial charge in [-0.1, -0.05) is 78.9 Å². The summed E-state index contributed by atoms with van der Waals surface area (Å²) >= 11 is 0. The Kier molecular flexibility index (Phi) is 11.3. The van der Waals surface area contributed by atoms with E-state index in [9.17, 15) is 26.7 Å². The summed E-state index contributed by atoms with van der Waals surface area (Å²) in [6.45, 7) is 7.34. The fourth-order valence-electron chi connectivity index (χ4n) is 7.48. The third-order valence-corrected chi connectivity index (χ3v) is 12.0. The number of likely N-dealkylation sites (N-methyl/N-ethyl adjacent to an activating group) is 1. The number of hydrogen-bond acceptors (Lipinski definition) is 9. The number of aromatic hydroxyl groups is 1. The second-order valence-electron chi connectivity index (χ2n) is 14.4. The lowest BCUT2D eigenvalue weighted by atomic mass is 10.0. The van der Waals surface area contributed by atoms with Crippen LogP contribution >= 0.6 is 0 Å². The van der Waals surface area contributed by atoms with Gasteiger partial charge in [0.1, 0.15) is 44.6 Å². The molecule has 0 amide bonds. The van der Waals surface area contributed by atoms with Gasteiger partial charge in [-0.3, -0.25) is 13.9 Å². The van der Waals surface area contributed by atoms with E-state index < -0.39 is 30.0 Å². The number of benzene rings is 5. The molecule has 0 saturated heterocycles. The highest BCUT2D eigenvalue weighted by atomic mass is 32.2. The fourth-order valence-corrected chi connectivity index (χ4v) is 8.89. The monoisotopic (exact) mass is 822 g/mol. The number of allylic oxidation sites excluding steroid dienone is 1. The minimum absolute atomic E-state index is 0.0233. The van der Waals surface area contributed by atoms with Gasteiger partial charge < -0.3 is 23.7 Å². The predicted octanol–water partition coefficient (Wildman–Crippen LogP) is 7.70. The van der Waals surface area contributed by atoms with E-state index in [1.165, 1.54) is 58.1 Å². The van der Waals surface area contributed by atoms with Crippen LogP contribution in [-0.4, -0.2) is 60.7 Å². The summed E-state index contributed by atoms with van der Waals surface area (Å²) in [5, 5.41) is 12.0. The molecule has 9 rings (SSSR count). The molecule has 0 saturated carbocycles. The predicted molar refractivity (Wildman–Crippen MR) is 223 cm³/mol. The molecule has 2 aromatic heterocycles. The van der Waals surface area contributed by atoms with E-state index in [1.54, 1.807) is 13.0 Å². The van der Waals surface area contributed by atoms with Crippen molar-refractivity contribution in [2.75, 3.05) is 20.2 Å². The number of nitrogens with zero attached hydrogens (tertiary/aromatic N) is 2. The van der Waals surface area contributed by atoms with Crippen molar-refractivity contribution in [1.82, 2.24) is 9.47 Å². The zero-order chi connectivity index (χ0) is 41.4. The molecule has 2 aliphatic rings. The lowest BCUT2D eigenvalue weighted by Gasteiger charge is -2.24. The minimum atomic E-state index is -4.47. The molecule has 0 fully saturated rings. The van der Waals surface area contributed by atoms with Crippen molar-refractivity contribution in [1.29, 1.82) is 0 Å². The molecule has 12 nitrogen and oxygen atoms in total. The third kappa shape index (κ3) is 8.42. The molecule has 58 heavy (non-hydrogen) atoms. The summed E-state index contributed by atoms with van der Waals surface area (Å²) in [6, 6.07) is 30.2. The van der Waals surface area contributed by atoms with Gasteiger partial charge in [-0.15, -0.1) is 0 Å². The largest absolute Gasteiger partial charge is 0.507 e. The zero-order valence-electron chi connectivity index (χ0n) is 32.0. The van der Waals surface area contributed by atoms with Crippen LogP contribution in [-0.2, 0) is 46.2 Å². The Morgan fingerprint density at radius 2 is 1.38 bits per heavy atom. The Morgan fingerprint density at radius 1 is 0.759 bits per heavy atom. The van der Waals surface area contributed by atoms with Crippen LogP contribution < -0.4 is 10.2 Å². The normalized spacial score (nSPS) is 14.3. The summed E-state index contributed by atoms with van der Waals surface area (Å²) < 4.78 is 76.3. The first kappa shape index (κ1) is 40.4.